The topological polar surface area (TPSA) is 29.3 Å². The van der Waals surface area contributed by atoms with Crippen molar-refractivity contribution in [1.82, 2.24) is 0 Å². The van der Waals surface area contributed by atoms with Crippen LogP contribution in [0.4, 0.5) is 11.4 Å². The molecule has 4 aromatic carbocycles. The fraction of sp³-hybridized carbons (Fsp3) is 0.111. The van der Waals surface area contributed by atoms with Crippen LogP contribution in [-0.2, 0) is 0 Å². The SMILES string of the molecule is Nc1ccc(-c2ccc(N(C3=CC=C(c4ccccc4)CC3)C3=CC=C(c4ccccc4)CC3)cc2)cc1. The van der Waals surface area contributed by atoms with Gasteiger partial charge < -0.3 is 10.6 Å². The summed E-state index contributed by atoms with van der Waals surface area (Å²) in [6.07, 6.45) is 13.3. The first-order valence-electron chi connectivity index (χ1n) is 13.4. The molecule has 186 valence electrons. The first kappa shape index (κ1) is 23.8. The van der Waals surface area contributed by atoms with Gasteiger partial charge in [0.15, 0.2) is 0 Å². The van der Waals surface area contributed by atoms with Gasteiger partial charge in [0.25, 0.3) is 0 Å². The molecule has 0 saturated carbocycles. The molecule has 0 aromatic heterocycles. The normalized spacial score (nSPS) is 15.2. The van der Waals surface area contributed by atoms with Gasteiger partial charge in [-0.05, 0) is 95.5 Å². The summed E-state index contributed by atoms with van der Waals surface area (Å²) < 4.78 is 0. The number of hydrogen-bond acceptors (Lipinski definition) is 2. The van der Waals surface area contributed by atoms with Gasteiger partial charge in [0.2, 0.25) is 0 Å². The first-order chi connectivity index (χ1) is 18.7. The highest BCUT2D eigenvalue weighted by molar-refractivity contribution is 5.74. The molecule has 2 aliphatic carbocycles. The molecule has 6 rings (SSSR count). The molecule has 0 fully saturated rings. The zero-order valence-electron chi connectivity index (χ0n) is 21.6. The maximum absolute atomic E-state index is 5.90. The predicted octanol–water partition coefficient (Wildman–Crippen LogP) is 9.26. The van der Waals surface area contributed by atoms with Gasteiger partial charge in [-0.2, -0.15) is 0 Å². The van der Waals surface area contributed by atoms with E-state index in [1.54, 1.807) is 0 Å². The lowest BCUT2D eigenvalue weighted by atomic mass is 9.92. The summed E-state index contributed by atoms with van der Waals surface area (Å²) in [5.41, 5.74) is 18.4. The number of nitrogens with zero attached hydrogens (tertiary/aromatic N) is 1. The second-order valence-corrected chi connectivity index (χ2v) is 9.94. The van der Waals surface area contributed by atoms with Crippen molar-refractivity contribution in [2.24, 2.45) is 0 Å². The van der Waals surface area contributed by atoms with Gasteiger partial charge in [0.1, 0.15) is 0 Å². The summed E-state index contributed by atoms with van der Waals surface area (Å²) in [5.74, 6) is 0. The number of benzene rings is 4. The Bertz CT molecular complexity index is 1450. The van der Waals surface area contributed by atoms with Gasteiger partial charge in [-0.1, -0.05) is 97.1 Å². The summed E-state index contributed by atoms with van der Waals surface area (Å²) in [7, 11) is 0. The van der Waals surface area contributed by atoms with Crippen LogP contribution in [-0.4, -0.2) is 0 Å². The van der Waals surface area contributed by atoms with E-state index in [1.165, 1.54) is 50.5 Å². The minimum Gasteiger partial charge on any atom is -0.399 e. The molecule has 0 bridgehead atoms. The summed E-state index contributed by atoms with van der Waals surface area (Å²) >= 11 is 0. The zero-order valence-corrected chi connectivity index (χ0v) is 21.6. The lowest BCUT2D eigenvalue weighted by Crippen LogP contribution is -2.24. The minimum atomic E-state index is 0.788. The Morgan fingerprint density at radius 3 is 1.29 bits per heavy atom. The van der Waals surface area contributed by atoms with Crippen LogP contribution in [0.25, 0.3) is 22.3 Å². The lowest BCUT2D eigenvalue weighted by molar-refractivity contribution is 0.848. The van der Waals surface area contributed by atoms with E-state index >= 15 is 0 Å². The Labute approximate surface area is 225 Å². The maximum atomic E-state index is 5.90. The van der Waals surface area contributed by atoms with Gasteiger partial charge in [0, 0.05) is 22.8 Å². The zero-order chi connectivity index (χ0) is 25.7. The van der Waals surface area contributed by atoms with Crippen LogP contribution < -0.4 is 10.6 Å². The molecule has 0 heterocycles. The molecule has 0 spiro atoms. The van der Waals surface area contributed by atoms with Gasteiger partial charge in [-0.25, -0.2) is 0 Å². The van der Waals surface area contributed by atoms with Crippen LogP contribution in [0.15, 0.2) is 145 Å². The van der Waals surface area contributed by atoms with Crippen LogP contribution in [0, 0.1) is 0 Å². The summed E-state index contributed by atoms with van der Waals surface area (Å²) in [6, 6.07) is 38.5. The molecule has 0 atom stereocenters. The Hall–Kier alpha value is -4.56. The molecule has 2 heteroatoms. The van der Waals surface area contributed by atoms with Gasteiger partial charge in [-0.15, -0.1) is 0 Å². The standard InChI is InChI=1S/C36H32N2/c37-33-19-11-29(12-20-33)32-17-25-36(26-18-32)38(34-21-13-30(14-22-34)27-7-3-1-4-8-27)35-23-15-31(16-24-35)28-9-5-2-6-10-28/h1-13,15,17-21,23,25-26H,14,16,22,24,37H2. The van der Waals surface area contributed by atoms with Crippen molar-refractivity contribution in [2.45, 2.75) is 25.7 Å². The second kappa shape index (κ2) is 10.8. The van der Waals surface area contributed by atoms with Crippen LogP contribution >= 0.6 is 0 Å². The van der Waals surface area contributed by atoms with E-state index in [9.17, 15) is 0 Å². The smallest absolute Gasteiger partial charge is 0.0455 e. The number of rotatable bonds is 6. The third-order valence-electron chi connectivity index (χ3n) is 7.49. The van der Waals surface area contributed by atoms with Crippen molar-refractivity contribution >= 4 is 22.5 Å². The summed E-state index contributed by atoms with van der Waals surface area (Å²) in [6.45, 7) is 0. The van der Waals surface area contributed by atoms with E-state index in [-0.39, 0.29) is 0 Å². The molecule has 0 radical (unpaired) electrons. The van der Waals surface area contributed by atoms with Crippen LogP contribution in [0.1, 0.15) is 36.8 Å². The Balaban J connectivity index is 1.35. The second-order valence-electron chi connectivity index (χ2n) is 9.94. The molecule has 2 N–H and O–H groups in total. The molecule has 2 nitrogen and oxygen atoms in total. The summed E-state index contributed by atoms with van der Waals surface area (Å²) in [5, 5.41) is 0. The van der Waals surface area contributed by atoms with E-state index in [2.05, 4.69) is 126 Å². The number of nitrogen functional groups attached to an aromatic ring is 1. The fourth-order valence-electron chi connectivity index (χ4n) is 5.41. The molecular weight excluding hydrogens is 460 g/mol. The predicted molar refractivity (Wildman–Crippen MR) is 162 cm³/mol. The fourth-order valence-corrected chi connectivity index (χ4v) is 5.41. The van der Waals surface area contributed by atoms with Crippen molar-refractivity contribution in [3.05, 3.63) is 156 Å². The van der Waals surface area contributed by atoms with Crippen molar-refractivity contribution in [1.29, 1.82) is 0 Å². The van der Waals surface area contributed by atoms with Gasteiger partial charge in [0.05, 0.1) is 0 Å². The third kappa shape index (κ3) is 5.12. The van der Waals surface area contributed by atoms with E-state index in [0.29, 0.717) is 0 Å². The molecule has 0 saturated heterocycles. The lowest BCUT2D eigenvalue weighted by Gasteiger charge is -2.33. The first-order valence-corrected chi connectivity index (χ1v) is 13.4. The molecule has 0 unspecified atom stereocenters. The van der Waals surface area contributed by atoms with Crippen molar-refractivity contribution < 1.29 is 0 Å². The minimum absolute atomic E-state index is 0.788. The largest absolute Gasteiger partial charge is 0.399 e. The third-order valence-corrected chi connectivity index (χ3v) is 7.49. The average Bonchev–Trinajstić information content (AvgIpc) is 3.00. The van der Waals surface area contributed by atoms with E-state index in [4.69, 9.17) is 5.73 Å². The highest BCUT2D eigenvalue weighted by Gasteiger charge is 2.21. The van der Waals surface area contributed by atoms with E-state index in [1.807, 2.05) is 12.1 Å². The number of nitrogens with two attached hydrogens (primary N) is 1. The highest BCUT2D eigenvalue weighted by Crippen LogP contribution is 2.38. The number of anilines is 2. The van der Waals surface area contributed by atoms with Gasteiger partial charge in [-0.3, -0.25) is 0 Å². The quantitative estimate of drug-likeness (QED) is 0.272. The molecular formula is C36H32N2. The highest BCUT2D eigenvalue weighted by atomic mass is 15.2. The molecule has 38 heavy (non-hydrogen) atoms. The van der Waals surface area contributed by atoms with E-state index in [0.717, 1.165) is 31.4 Å². The monoisotopic (exact) mass is 492 g/mol. The molecule has 0 amide bonds. The molecule has 0 aliphatic heterocycles. The Morgan fingerprint density at radius 1 is 0.421 bits per heavy atom. The molecule has 4 aromatic rings. The van der Waals surface area contributed by atoms with Crippen molar-refractivity contribution in [3.8, 4) is 11.1 Å². The van der Waals surface area contributed by atoms with E-state index < -0.39 is 0 Å². The number of hydrogen-bond donors (Lipinski definition) is 1. The van der Waals surface area contributed by atoms with Crippen LogP contribution in [0.2, 0.25) is 0 Å². The van der Waals surface area contributed by atoms with Crippen LogP contribution in [0.3, 0.4) is 0 Å². The van der Waals surface area contributed by atoms with Gasteiger partial charge >= 0.3 is 0 Å². The summed E-state index contributed by atoms with van der Waals surface area (Å²) in [4.78, 5) is 2.48. The average molecular weight is 493 g/mol. The van der Waals surface area contributed by atoms with Crippen molar-refractivity contribution in [3.63, 3.8) is 0 Å². The molecule has 2 aliphatic rings. The number of allylic oxidation sites excluding steroid dienone is 8. The Morgan fingerprint density at radius 2 is 0.868 bits per heavy atom. The Kier molecular flexibility index (Phi) is 6.78. The van der Waals surface area contributed by atoms with Crippen LogP contribution in [0.5, 0.6) is 0 Å². The maximum Gasteiger partial charge on any atom is 0.0455 e. The van der Waals surface area contributed by atoms with Crippen molar-refractivity contribution in [2.75, 3.05) is 10.6 Å².